The fourth-order valence-corrected chi connectivity index (χ4v) is 4.08. The number of hydrogen-bond donors (Lipinski definition) is 2. The zero-order valence-corrected chi connectivity index (χ0v) is 16.4. The first-order valence-corrected chi connectivity index (χ1v) is 10.2. The van der Waals surface area contributed by atoms with Gasteiger partial charge in [0.15, 0.2) is 5.69 Å². The van der Waals surface area contributed by atoms with Gasteiger partial charge in [0.25, 0.3) is 5.91 Å². The van der Waals surface area contributed by atoms with Crippen molar-refractivity contribution in [1.82, 2.24) is 20.4 Å². The van der Waals surface area contributed by atoms with Crippen LogP contribution in [-0.4, -0.2) is 41.5 Å². The second-order valence-corrected chi connectivity index (χ2v) is 7.64. The molecule has 3 rings (SSSR count). The van der Waals surface area contributed by atoms with E-state index in [9.17, 15) is 4.79 Å². The maximum atomic E-state index is 12.6. The van der Waals surface area contributed by atoms with Gasteiger partial charge in [0, 0.05) is 42.4 Å². The zero-order chi connectivity index (χ0) is 18.4. The first-order valence-electron chi connectivity index (χ1n) is 9.35. The highest BCUT2D eigenvalue weighted by Gasteiger charge is 2.28. The Labute approximate surface area is 158 Å². The van der Waals surface area contributed by atoms with E-state index in [0.29, 0.717) is 18.3 Å². The van der Waals surface area contributed by atoms with E-state index >= 15 is 0 Å². The van der Waals surface area contributed by atoms with Gasteiger partial charge in [-0.3, -0.25) is 9.48 Å². The molecule has 0 saturated carbocycles. The van der Waals surface area contributed by atoms with Gasteiger partial charge in [0.05, 0.1) is 6.54 Å². The molecule has 1 atom stereocenters. The van der Waals surface area contributed by atoms with Gasteiger partial charge in [0.2, 0.25) is 0 Å². The van der Waals surface area contributed by atoms with E-state index in [-0.39, 0.29) is 5.91 Å². The van der Waals surface area contributed by atoms with Gasteiger partial charge in [0.1, 0.15) is 0 Å². The number of aromatic nitrogens is 2. The minimum Gasteiger partial charge on any atom is -0.382 e. The molecule has 0 bridgehead atoms. The van der Waals surface area contributed by atoms with Crippen LogP contribution >= 0.6 is 11.3 Å². The van der Waals surface area contributed by atoms with Gasteiger partial charge in [-0.25, -0.2) is 0 Å². The number of rotatable bonds is 9. The number of carbonyl (C=O) groups excluding carboxylic acids is 1. The van der Waals surface area contributed by atoms with Crippen molar-refractivity contribution in [3.63, 3.8) is 0 Å². The minimum atomic E-state index is -0.0766. The van der Waals surface area contributed by atoms with E-state index in [4.69, 9.17) is 4.74 Å². The van der Waals surface area contributed by atoms with Crippen LogP contribution in [0.5, 0.6) is 0 Å². The highest BCUT2D eigenvalue weighted by atomic mass is 32.1. The third-order valence-electron chi connectivity index (χ3n) is 4.78. The largest absolute Gasteiger partial charge is 0.382 e. The average Bonchev–Trinajstić information content (AvgIpc) is 3.28. The summed E-state index contributed by atoms with van der Waals surface area (Å²) in [4.78, 5) is 13.8. The topological polar surface area (TPSA) is 68.2 Å². The Morgan fingerprint density at radius 1 is 1.50 bits per heavy atom. The molecule has 0 radical (unpaired) electrons. The molecule has 6 nitrogen and oxygen atoms in total. The van der Waals surface area contributed by atoms with Crippen molar-refractivity contribution in [3.05, 3.63) is 39.3 Å². The lowest BCUT2D eigenvalue weighted by Crippen LogP contribution is -2.36. The third-order valence-corrected chi connectivity index (χ3v) is 5.65. The quantitative estimate of drug-likeness (QED) is 0.659. The van der Waals surface area contributed by atoms with Crippen molar-refractivity contribution in [3.8, 4) is 0 Å². The Morgan fingerprint density at radius 3 is 3.15 bits per heavy atom. The van der Waals surface area contributed by atoms with Crippen LogP contribution in [-0.2, 0) is 31.2 Å². The first-order chi connectivity index (χ1) is 12.7. The summed E-state index contributed by atoms with van der Waals surface area (Å²) in [5, 5.41) is 13.1. The number of nitrogens with zero attached hydrogens (tertiary/aromatic N) is 2. The van der Waals surface area contributed by atoms with Crippen LogP contribution < -0.4 is 10.6 Å². The molecule has 142 valence electrons. The molecule has 0 aromatic carbocycles. The molecule has 2 aromatic rings. The Hall–Kier alpha value is -1.70. The molecule has 1 amide bonds. The summed E-state index contributed by atoms with van der Waals surface area (Å²) < 4.78 is 7.26. The van der Waals surface area contributed by atoms with Crippen LogP contribution in [0.3, 0.4) is 0 Å². The van der Waals surface area contributed by atoms with Gasteiger partial charge in [-0.1, -0.05) is 6.07 Å². The Balaban J connectivity index is 1.58. The summed E-state index contributed by atoms with van der Waals surface area (Å²) in [6.07, 6.45) is 3.91. The molecule has 0 fully saturated rings. The summed E-state index contributed by atoms with van der Waals surface area (Å²) in [5.41, 5.74) is 2.88. The van der Waals surface area contributed by atoms with E-state index < -0.39 is 0 Å². The fourth-order valence-electron chi connectivity index (χ4n) is 3.44. The zero-order valence-electron chi connectivity index (χ0n) is 15.6. The summed E-state index contributed by atoms with van der Waals surface area (Å²) in [7, 11) is 1.94. The fraction of sp³-hybridized carbons (Fsp3) is 0.579. The van der Waals surface area contributed by atoms with Crippen molar-refractivity contribution in [1.29, 1.82) is 0 Å². The molecular weight excluding hydrogens is 348 g/mol. The number of amides is 1. The molecule has 1 unspecified atom stereocenters. The Kier molecular flexibility index (Phi) is 6.82. The number of carbonyl (C=O) groups is 1. The molecule has 1 aliphatic rings. The maximum absolute atomic E-state index is 12.6. The average molecular weight is 377 g/mol. The summed E-state index contributed by atoms with van der Waals surface area (Å²) in [6.45, 7) is 5.09. The predicted octanol–water partition coefficient (Wildman–Crippen LogP) is 2.29. The Morgan fingerprint density at radius 2 is 2.38 bits per heavy atom. The lowest BCUT2D eigenvalue weighted by Gasteiger charge is -2.24. The highest BCUT2D eigenvalue weighted by molar-refractivity contribution is 7.09. The van der Waals surface area contributed by atoms with Crippen LogP contribution in [0.1, 0.15) is 46.4 Å². The van der Waals surface area contributed by atoms with Crippen LogP contribution in [0.2, 0.25) is 0 Å². The predicted molar refractivity (Wildman–Crippen MR) is 104 cm³/mol. The molecule has 2 heterocycles. The number of nitrogens with one attached hydrogen (secondary N) is 2. The van der Waals surface area contributed by atoms with Crippen molar-refractivity contribution >= 4 is 17.2 Å². The molecule has 2 aromatic heterocycles. The van der Waals surface area contributed by atoms with E-state index in [2.05, 4.69) is 15.7 Å². The summed E-state index contributed by atoms with van der Waals surface area (Å²) in [5.74, 6) is -0.0766. The molecule has 0 spiro atoms. The second-order valence-electron chi connectivity index (χ2n) is 6.60. The van der Waals surface area contributed by atoms with Crippen LogP contribution in [0, 0.1) is 0 Å². The van der Waals surface area contributed by atoms with Crippen LogP contribution in [0.15, 0.2) is 17.5 Å². The first kappa shape index (κ1) is 19.1. The van der Waals surface area contributed by atoms with Gasteiger partial charge in [-0.05, 0) is 50.6 Å². The molecular formula is C19H28N4O2S. The number of ether oxygens (including phenoxy) is 1. The number of aryl methyl sites for hydroxylation is 1. The maximum Gasteiger partial charge on any atom is 0.272 e. The van der Waals surface area contributed by atoms with E-state index in [0.717, 1.165) is 55.9 Å². The molecule has 0 aliphatic heterocycles. The van der Waals surface area contributed by atoms with Gasteiger partial charge in [-0.15, -0.1) is 11.3 Å². The van der Waals surface area contributed by atoms with Gasteiger partial charge in [-0.2, -0.15) is 5.10 Å². The van der Waals surface area contributed by atoms with Crippen LogP contribution in [0.25, 0.3) is 0 Å². The minimum absolute atomic E-state index is 0.0766. The highest BCUT2D eigenvalue weighted by Crippen LogP contribution is 2.24. The van der Waals surface area contributed by atoms with E-state index in [1.807, 2.05) is 36.2 Å². The molecule has 7 heteroatoms. The number of fused-ring (bicyclic) bond motifs is 1. The monoisotopic (exact) mass is 376 g/mol. The van der Waals surface area contributed by atoms with Crippen LogP contribution in [0.4, 0.5) is 0 Å². The third kappa shape index (κ3) is 4.72. The second kappa shape index (κ2) is 9.30. The van der Waals surface area contributed by atoms with Crippen molar-refractivity contribution < 1.29 is 9.53 Å². The SMILES string of the molecule is CCOCCCNC1CCc2c(c(C(=O)NCc3cccs3)nn2C)C1. The standard InChI is InChI=1S/C19H28N4O2S/c1-3-25-10-5-9-20-14-7-8-17-16(12-14)18(22-23(17)2)19(24)21-13-15-6-4-11-26-15/h4,6,11,14,20H,3,5,7-10,12-13H2,1-2H3,(H,21,24). The van der Waals surface area contributed by atoms with E-state index in [1.54, 1.807) is 11.3 Å². The lowest BCUT2D eigenvalue weighted by molar-refractivity contribution is 0.0944. The molecule has 26 heavy (non-hydrogen) atoms. The summed E-state index contributed by atoms with van der Waals surface area (Å²) in [6, 6.07) is 4.43. The van der Waals surface area contributed by atoms with E-state index in [1.165, 1.54) is 5.69 Å². The molecule has 1 aliphatic carbocycles. The molecule has 2 N–H and O–H groups in total. The van der Waals surface area contributed by atoms with Crippen molar-refractivity contribution in [2.24, 2.45) is 7.05 Å². The van der Waals surface area contributed by atoms with Gasteiger partial charge < -0.3 is 15.4 Å². The summed E-state index contributed by atoms with van der Waals surface area (Å²) >= 11 is 1.65. The number of hydrogen-bond acceptors (Lipinski definition) is 5. The smallest absolute Gasteiger partial charge is 0.272 e. The molecule has 0 saturated heterocycles. The Bertz CT molecular complexity index is 711. The van der Waals surface area contributed by atoms with Crippen molar-refractivity contribution in [2.45, 2.75) is 45.2 Å². The normalized spacial score (nSPS) is 16.5. The number of thiophene rings is 1. The lowest BCUT2D eigenvalue weighted by atomic mass is 9.91. The van der Waals surface area contributed by atoms with Crippen molar-refractivity contribution in [2.75, 3.05) is 19.8 Å². The van der Waals surface area contributed by atoms with Gasteiger partial charge >= 0.3 is 0 Å².